The van der Waals surface area contributed by atoms with Gasteiger partial charge in [-0.1, -0.05) is 0 Å². The lowest BCUT2D eigenvalue weighted by atomic mass is 10.3. The highest BCUT2D eigenvalue weighted by Crippen LogP contribution is 2.34. The van der Waals surface area contributed by atoms with Gasteiger partial charge in [0.15, 0.2) is 17.3 Å². The second kappa shape index (κ2) is 9.57. The van der Waals surface area contributed by atoms with Gasteiger partial charge in [0.25, 0.3) is 0 Å². The Balaban J connectivity index is 1.79. The summed E-state index contributed by atoms with van der Waals surface area (Å²) in [7, 11) is 0.459. The number of rotatable bonds is 9. The Morgan fingerprint density at radius 2 is 1.74 bits per heavy atom. The number of nitrogens with one attached hydrogen (secondary N) is 1. The summed E-state index contributed by atoms with van der Waals surface area (Å²) in [6.45, 7) is 1.46. The molecule has 4 aromatic rings. The topological polar surface area (TPSA) is 165 Å². The lowest BCUT2D eigenvalue weighted by molar-refractivity contribution is 0.368. The van der Waals surface area contributed by atoms with Gasteiger partial charge in [-0.25, -0.2) is 27.3 Å². The summed E-state index contributed by atoms with van der Waals surface area (Å²) < 4.78 is 55.6. The van der Waals surface area contributed by atoms with Gasteiger partial charge in [-0.3, -0.25) is 9.40 Å². The van der Waals surface area contributed by atoms with Crippen molar-refractivity contribution in [2.75, 3.05) is 18.9 Å². The highest BCUT2D eigenvalue weighted by molar-refractivity contribution is 7.93. The average molecular weight is 505 g/mol. The van der Waals surface area contributed by atoms with Crippen LogP contribution < -0.4 is 14.2 Å². The Morgan fingerprint density at radius 1 is 1.09 bits per heavy atom. The van der Waals surface area contributed by atoms with Crippen molar-refractivity contribution in [3.8, 4) is 29.0 Å². The van der Waals surface area contributed by atoms with Crippen molar-refractivity contribution >= 4 is 16.0 Å². The van der Waals surface area contributed by atoms with Crippen molar-refractivity contribution in [3.63, 3.8) is 0 Å². The van der Waals surface area contributed by atoms with Crippen LogP contribution in [0.25, 0.3) is 17.2 Å². The number of halogens is 1. The molecule has 4 aromatic heterocycles. The molecule has 16 heteroatoms. The first-order valence-corrected chi connectivity index (χ1v) is 11.6. The fourth-order valence-electron chi connectivity index (χ4n) is 3.14. The number of methoxy groups -OCH3 is 2. The summed E-state index contributed by atoms with van der Waals surface area (Å²) in [6, 6.07) is 1.68. The van der Waals surface area contributed by atoms with Crippen LogP contribution in [-0.2, 0) is 23.5 Å². The predicted octanol–water partition coefficient (Wildman–Crippen LogP) is 0.777. The van der Waals surface area contributed by atoms with Gasteiger partial charge in [-0.2, -0.15) is 15.1 Å². The molecule has 35 heavy (non-hydrogen) atoms. The molecule has 14 nitrogen and oxygen atoms in total. The Morgan fingerprint density at radius 3 is 2.31 bits per heavy atom. The predicted molar refractivity (Wildman–Crippen MR) is 120 cm³/mol. The van der Waals surface area contributed by atoms with Crippen molar-refractivity contribution in [1.29, 1.82) is 0 Å². The van der Waals surface area contributed by atoms with Gasteiger partial charge in [0.05, 0.1) is 31.9 Å². The molecule has 1 N–H and O–H groups in total. The van der Waals surface area contributed by atoms with E-state index in [4.69, 9.17) is 9.47 Å². The van der Waals surface area contributed by atoms with Crippen molar-refractivity contribution < 1.29 is 22.3 Å². The van der Waals surface area contributed by atoms with Crippen LogP contribution >= 0.6 is 0 Å². The van der Waals surface area contributed by atoms with E-state index >= 15 is 0 Å². The van der Waals surface area contributed by atoms with Crippen molar-refractivity contribution in [2.24, 2.45) is 7.05 Å². The van der Waals surface area contributed by atoms with Crippen LogP contribution in [0.1, 0.15) is 12.7 Å². The van der Waals surface area contributed by atoms with Crippen LogP contribution in [0.3, 0.4) is 0 Å². The van der Waals surface area contributed by atoms with Crippen molar-refractivity contribution in [3.05, 3.63) is 42.6 Å². The van der Waals surface area contributed by atoms with E-state index < -0.39 is 21.1 Å². The SMILES string of the molecule is COc1ncnc(OC)c1-n1c(NS(=O)(=O)[C@@H](C)Cc2ncc(F)cn2)nnc1-c1ccn(C)n1. The van der Waals surface area contributed by atoms with E-state index in [-0.39, 0.29) is 41.5 Å². The third-order valence-electron chi connectivity index (χ3n) is 4.88. The minimum atomic E-state index is -4.05. The smallest absolute Gasteiger partial charge is 0.245 e. The first-order chi connectivity index (χ1) is 16.7. The standard InChI is InChI=1S/C19H21FN10O4S/c1-11(7-14-21-8-12(20)9-22-14)35(31,32)28-19-26-25-16(13-5-6-29(2)27-13)30(19)15-17(33-3)23-10-24-18(15)34-4/h5-6,8-11H,7H2,1-4H3,(H,26,28)/t11-/m0/s1. The van der Waals surface area contributed by atoms with E-state index in [0.717, 1.165) is 12.4 Å². The van der Waals surface area contributed by atoms with Gasteiger partial charge in [0, 0.05) is 19.7 Å². The second-order valence-electron chi connectivity index (χ2n) is 7.28. The van der Waals surface area contributed by atoms with Gasteiger partial charge in [0.1, 0.15) is 17.8 Å². The summed E-state index contributed by atoms with van der Waals surface area (Å²) in [4.78, 5) is 15.8. The normalized spacial score (nSPS) is 12.4. The summed E-state index contributed by atoms with van der Waals surface area (Å²) in [5.74, 6) is -0.276. The van der Waals surface area contributed by atoms with Crippen LogP contribution in [-0.4, -0.2) is 72.4 Å². The fourth-order valence-corrected chi connectivity index (χ4v) is 4.10. The number of nitrogens with zero attached hydrogens (tertiary/aromatic N) is 9. The van der Waals surface area contributed by atoms with Crippen LogP contribution in [0.4, 0.5) is 10.3 Å². The Bertz CT molecular complexity index is 1420. The summed E-state index contributed by atoms with van der Waals surface area (Å²) in [5.41, 5.74) is 0.557. The largest absolute Gasteiger partial charge is 0.479 e. The fraction of sp³-hybridized carbons (Fsp3) is 0.316. The minimum Gasteiger partial charge on any atom is -0.479 e. The summed E-state index contributed by atoms with van der Waals surface area (Å²) >= 11 is 0. The highest BCUT2D eigenvalue weighted by atomic mass is 32.2. The number of hydrogen-bond acceptors (Lipinski definition) is 11. The molecular formula is C19H21FN10O4S. The van der Waals surface area contributed by atoms with Crippen LogP contribution in [0, 0.1) is 5.82 Å². The van der Waals surface area contributed by atoms with Gasteiger partial charge in [-0.15, -0.1) is 10.2 Å². The van der Waals surface area contributed by atoms with Crippen LogP contribution in [0.5, 0.6) is 11.8 Å². The van der Waals surface area contributed by atoms with Crippen LogP contribution in [0.2, 0.25) is 0 Å². The molecule has 4 heterocycles. The molecule has 0 saturated heterocycles. The lowest BCUT2D eigenvalue weighted by Gasteiger charge is -2.17. The zero-order valence-electron chi connectivity index (χ0n) is 19.1. The first-order valence-electron chi connectivity index (χ1n) is 10.1. The Labute approximate surface area is 199 Å². The number of ether oxygens (including phenoxy) is 2. The molecule has 0 unspecified atom stereocenters. The zero-order valence-corrected chi connectivity index (χ0v) is 19.9. The molecule has 184 valence electrons. The van der Waals surface area contributed by atoms with Gasteiger partial charge < -0.3 is 9.47 Å². The molecule has 0 aromatic carbocycles. The van der Waals surface area contributed by atoms with E-state index in [0.29, 0.717) is 5.69 Å². The molecule has 0 aliphatic rings. The first kappa shape index (κ1) is 23.9. The Kier molecular flexibility index (Phi) is 6.54. The molecule has 1 atom stereocenters. The number of hydrogen-bond donors (Lipinski definition) is 1. The second-order valence-corrected chi connectivity index (χ2v) is 9.38. The van der Waals surface area contributed by atoms with E-state index in [1.54, 1.807) is 24.0 Å². The molecule has 0 aliphatic carbocycles. The van der Waals surface area contributed by atoms with E-state index in [2.05, 4.69) is 40.0 Å². The maximum atomic E-state index is 13.2. The summed E-state index contributed by atoms with van der Waals surface area (Å²) in [5, 5.41) is 11.5. The molecule has 0 radical (unpaired) electrons. The highest BCUT2D eigenvalue weighted by Gasteiger charge is 2.30. The molecule has 0 amide bonds. The molecule has 0 bridgehead atoms. The average Bonchev–Trinajstić information content (AvgIpc) is 3.45. The quantitative estimate of drug-likeness (QED) is 0.342. The van der Waals surface area contributed by atoms with E-state index in [9.17, 15) is 12.8 Å². The molecular weight excluding hydrogens is 483 g/mol. The minimum absolute atomic E-state index is 0.0715. The number of anilines is 1. The van der Waals surface area contributed by atoms with Gasteiger partial charge in [-0.05, 0) is 13.0 Å². The molecule has 0 aliphatic heterocycles. The van der Waals surface area contributed by atoms with E-state index in [1.165, 1.54) is 32.0 Å². The molecule has 0 fully saturated rings. The van der Waals surface area contributed by atoms with Crippen LogP contribution in [0.15, 0.2) is 31.0 Å². The maximum absolute atomic E-state index is 13.2. The summed E-state index contributed by atoms with van der Waals surface area (Å²) in [6.07, 6.45) is 4.80. The van der Waals surface area contributed by atoms with Gasteiger partial charge in [0.2, 0.25) is 27.7 Å². The van der Waals surface area contributed by atoms with Gasteiger partial charge >= 0.3 is 0 Å². The number of sulfonamides is 1. The molecule has 4 rings (SSSR count). The maximum Gasteiger partial charge on any atom is 0.245 e. The van der Waals surface area contributed by atoms with E-state index in [1.807, 2.05) is 0 Å². The number of aryl methyl sites for hydroxylation is 1. The third-order valence-corrected chi connectivity index (χ3v) is 6.57. The number of aromatic nitrogens is 9. The third kappa shape index (κ3) is 4.86. The Hall–Kier alpha value is -4.21. The monoisotopic (exact) mass is 504 g/mol. The zero-order chi connectivity index (χ0) is 25.2. The van der Waals surface area contributed by atoms with Crippen molar-refractivity contribution in [2.45, 2.75) is 18.6 Å². The molecule has 0 saturated carbocycles. The van der Waals surface area contributed by atoms with Crippen molar-refractivity contribution in [1.82, 2.24) is 44.5 Å². The molecule has 0 spiro atoms. The lowest BCUT2D eigenvalue weighted by Crippen LogP contribution is -2.29.